The highest BCUT2D eigenvalue weighted by Crippen LogP contribution is 2.42. The van der Waals surface area contributed by atoms with Crippen LogP contribution in [0.3, 0.4) is 0 Å². The summed E-state index contributed by atoms with van der Waals surface area (Å²) in [7, 11) is 0. The molecule has 3 atom stereocenters. The number of nitrogens with zero attached hydrogens (tertiary/aromatic N) is 2. The van der Waals surface area contributed by atoms with Crippen molar-refractivity contribution in [2.45, 2.75) is 76.4 Å². The molecule has 0 radical (unpaired) electrons. The molecule has 32 heavy (non-hydrogen) atoms. The molecule has 6 nitrogen and oxygen atoms in total. The molecule has 2 N–H and O–H groups in total. The van der Waals surface area contributed by atoms with Gasteiger partial charge >= 0.3 is 6.03 Å². The normalized spacial score (nSPS) is 25.6. The van der Waals surface area contributed by atoms with Gasteiger partial charge in [-0.3, -0.25) is 4.79 Å². The number of amides is 3. The van der Waals surface area contributed by atoms with Gasteiger partial charge in [-0.15, -0.1) is 0 Å². The van der Waals surface area contributed by atoms with E-state index in [1.165, 1.54) is 6.42 Å². The molecule has 1 saturated carbocycles. The lowest BCUT2D eigenvalue weighted by atomic mass is 9.73. The predicted molar refractivity (Wildman–Crippen MR) is 124 cm³/mol. The van der Waals surface area contributed by atoms with Gasteiger partial charge in [-0.25, -0.2) is 4.79 Å². The Morgan fingerprint density at radius 1 is 1.19 bits per heavy atom. The zero-order chi connectivity index (χ0) is 22.7. The van der Waals surface area contributed by atoms with Crippen LogP contribution in [-0.2, 0) is 4.79 Å². The van der Waals surface area contributed by atoms with E-state index in [1.807, 2.05) is 12.1 Å². The molecule has 2 aliphatic heterocycles. The third-order valence-corrected chi connectivity index (χ3v) is 7.01. The minimum atomic E-state index is -0.228. The summed E-state index contributed by atoms with van der Waals surface area (Å²) >= 11 is 0. The van der Waals surface area contributed by atoms with Gasteiger partial charge in [0.05, 0.1) is 18.7 Å². The van der Waals surface area contributed by atoms with Crippen molar-refractivity contribution in [2.75, 3.05) is 19.7 Å². The molecular weight excluding hydrogens is 402 g/mol. The molecule has 3 amide bonds. The highest BCUT2D eigenvalue weighted by molar-refractivity contribution is 5.87. The number of nitrogens with one attached hydrogen (secondary N) is 1. The Bertz CT molecular complexity index is 880. The molecule has 2 heterocycles. The van der Waals surface area contributed by atoms with Crippen LogP contribution in [0.5, 0.6) is 0 Å². The molecule has 3 aliphatic rings. The van der Waals surface area contributed by atoms with Gasteiger partial charge < -0.3 is 20.2 Å². The first-order valence-corrected chi connectivity index (χ1v) is 12.0. The Balaban J connectivity index is 1.44. The van der Waals surface area contributed by atoms with Crippen LogP contribution in [-0.4, -0.2) is 64.7 Å². The van der Waals surface area contributed by atoms with Crippen LogP contribution >= 0.6 is 0 Å². The number of piperazine rings is 1. The average molecular weight is 438 g/mol. The number of aliphatic hydroxyl groups excluding tert-OH is 1. The first-order chi connectivity index (χ1) is 15.5. The third-order valence-electron chi connectivity index (χ3n) is 7.01. The van der Waals surface area contributed by atoms with Crippen molar-refractivity contribution < 1.29 is 14.7 Å². The van der Waals surface area contributed by atoms with Crippen LogP contribution in [0.1, 0.15) is 69.4 Å². The van der Waals surface area contributed by atoms with Crippen LogP contribution in [0.15, 0.2) is 24.3 Å². The van der Waals surface area contributed by atoms with Gasteiger partial charge in [0.25, 0.3) is 0 Å². The highest BCUT2D eigenvalue weighted by Gasteiger charge is 2.54. The van der Waals surface area contributed by atoms with Crippen LogP contribution in [0.2, 0.25) is 0 Å². The fraction of sp³-hybridized carbons (Fsp3) is 0.615. The average Bonchev–Trinajstić information content (AvgIpc) is 2.76. The Kier molecular flexibility index (Phi) is 7.05. The molecule has 0 unspecified atom stereocenters. The van der Waals surface area contributed by atoms with Crippen LogP contribution < -0.4 is 5.32 Å². The molecule has 2 saturated heterocycles. The Morgan fingerprint density at radius 2 is 1.91 bits per heavy atom. The molecule has 0 aromatic heterocycles. The number of hydrogen-bond donors (Lipinski definition) is 2. The van der Waals surface area contributed by atoms with E-state index in [0.717, 1.165) is 43.2 Å². The minimum Gasteiger partial charge on any atom is -0.394 e. The number of carbonyl (C=O) groups is 2. The van der Waals surface area contributed by atoms with Crippen molar-refractivity contribution in [3.05, 3.63) is 35.4 Å². The number of aliphatic hydroxyl groups is 1. The van der Waals surface area contributed by atoms with Gasteiger partial charge in [-0.1, -0.05) is 57.1 Å². The second-order valence-electron chi connectivity index (χ2n) is 9.83. The molecule has 1 aromatic rings. The standard InChI is InChI=1S/C26H35N3O3/c1-18(2)7-6-8-19-11-13-20(14-12-19)25-22-15-28(16-24(31)29(22)23(25)17-30)26(32)27-21-9-4-3-5-10-21/h11-14,18,21-23,25,30H,3-5,7,9-10,15-17H2,1-2H3,(H,27,32)/t22-,23+,25-/m1/s1. The van der Waals surface area contributed by atoms with Gasteiger partial charge in [0.2, 0.25) is 5.91 Å². The monoisotopic (exact) mass is 437 g/mol. The summed E-state index contributed by atoms with van der Waals surface area (Å²) in [4.78, 5) is 29.1. The number of hydrogen-bond acceptors (Lipinski definition) is 3. The van der Waals surface area contributed by atoms with Crippen molar-refractivity contribution in [2.24, 2.45) is 5.92 Å². The second-order valence-corrected chi connectivity index (χ2v) is 9.83. The summed E-state index contributed by atoms with van der Waals surface area (Å²) in [6.07, 6.45) is 6.44. The van der Waals surface area contributed by atoms with Gasteiger partial charge in [-0.05, 0) is 36.5 Å². The highest BCUT2D eigenvalue weighted by atomic mass is 16.3. The lowest BCUT2D eigenvalue weighted by Crippen LogP contribution is -2.74. The molecule has 0 bridgehead atoms. The lowest BCUT2D eigenvalue weighted by molar-refractivity contribution is -0.159. The molecule has 1 aromatic carbocycles. The van der Waals surface area contributed by atoms with Crippen LogP contribution in [0, 0.1) is 17.8 Å². The smallest absolute Gasteiger partial charge is 0.318 e. The molecule has 1 aliphatic carbocycles. The van der Waals surface area contributed by atoms with E-state index in [9.17, 15) is 14.7 Å². The van der Waals surface area contributed by atoms with Gasteiger partial charge in [-0.2, -0.15) is 0 Å². The summed E-state index contributed by atoms with van der Waals surface area (Å²) in [6.45, 7) is 4.82. The van der Waals surface area contributed by atoms with Gasteiger partial charge in [0.1, 0.15) is 6.54 Å². The minimum absolute atomic E-state index is 0.0203. The van der Waals surface area contributed by atoms with Crippen molar-refractivity contribution in [3.63, 3.8) is 0 Å². The van der Waals surface area contributed by atoms with E-state index in [-0.39, 0.29) is 49.1 Å². The fourth-order valence-electron chi connectivity index (χ4n) is 5.31. The number of rotatable bonds is 4. The summed E-state index contributed by atoms with van der Waals surface area (Å²) in [6, 6.07) is 7.89. The lowest BCUT2D eigenvalue weighted by Gasteiger charge is -2.58. The summed E-state index contributed by atoms with van der Waals surface area (Å²) in [5.41, 5.74) is 2.06. The zero-order valence-corrected chi connectivity index (χ0v) is 19.2. The van der Waals surface area contributed by atoms with E-state index < -0.39 is 0 Å². The Hall–Kier alpha value is -2.52. The van der Waals surface area contributed by atoms with E-state index >= 15 is 0 Å². The van der Waals surface area contributed by atoms with Gasteiger partial charge in [0, 0.05) is 30.5 Å². The van der Waals surface area contributed by atoms with Crippen molar-refractivity contribution in [1.82, 2.24) is 15.1 Å². The molecule has 3 fully saturated rings. The van der Waals surface area contributed by atoms with Gasteiger partial charge in [0.15, 0.2) is 0 Å². The molecule has 4 rings (SSSR count). The zero-order valence-electron chi connectivity index (χ0n) is 19.2. The molecular formula is C26H35N3O3. The first kappa shape index (κ1) is 22.7. The van der Waals surface area contributed by atoms with Crippen molar-refractivity contribution in [3.8, 4) is 11.8 Å². The Morgan fingerprint density at radius 3 is 2.56 bits per heavy atom. The van der Waals surface area contributed by atoms with Crippen molar-refractivity contribution in [1.29, 1.82) is 0 Å². The summed E-state index contributed by atoms with van der Waals surface area (Å²) in [5.74, 6) is 6.90. The van der Waals surface area contributed by atoms with E-state index in [4.69, 9.17) is 0 Å². The molecule has 172 valence electrons. The van der Waals surface area contributed by atoms with E-state index in [1.54, 1.807) is 9.80 Å². The maximum absolute atomic E-state index is 12.9. The van der Waals surface area contributed by atoms with E-state index in [2.05, 4.69) is 43.1 Å². The predicted octanol–water partition coefficient (Wildman–Crippen LogP) is 3.10. The number of urea groups is 1. The quantitative estimate of drug-likeness (QED) is 0.711. The van der Waals surface area contributed by atoms with Crippen molar-refractivity contribution >= 4 is 11.9 Å². The maximum Gasteiger partial charge on any atom is 0.318 e. The first-order valence-electron chi connectivity index (χ1n) is 12.0. The SMILES string of the molecule is CC(C)CC#Cc1ccc([C@@H]2[C@H]3CN(C(=O)NC4CCCCC4)CC(=O)N3[C@H]2CO)cc1. The van der Waals surface area contributed by atoms with E-state index in [0.29, 0.717) is 12.5 Å². The fourth-order valence-corrected chi connectivity index (χ4v) is 5.31. The number of fused-ring (bicyclic) bond motifs is 1. The number of benzene rings is 1. The molecule has 6 heteroatoms. The largest absolute Gasteiger partial charge is 0.394 e. The second kappa shape index (κ2) is 9.95. The summed E-state index contributed by atoms with van der Waals surface area (Å²) < 4.78 is 0. The van der Waals surface area contributed by atoms with Crippen LogP contribution in [0.4, 0.5) is 4.79 Å². The number of carbonyl (C=O) groups excluding carboxylic acids is 2. The topological polar surface area (TPSA) is 72.9 Å². The van der Waals surface area contributed by atoms with Crippen LogP contribution in [0.25, 0.3) is 0 Å². The maximum atomic E-state index is 12.9. The molecule has 0 spiro atoms. The third kappa shape index (κ3) is 4.78. The summed E-state index contributed by atoms with van der Waals surface area (Å²) in [5, 5.41) is 13.1. The Labute approximate surface area is 191 Å².